The summed E-state index contributed by atoms with van der Waals surface area (Å²) in [7, 11) is 0. The van der Waals surface area contributed by atoms with Crippen molar-refractivity contribution < 1.29 is 22.0 Å². The molecule has 0 aliphatic carbocycles. The quantitative estimate of drug-likeness (QED) is 0.384. The Balaban J connectivity index is 2.81. The summed E-state index contributed by atoms with van der Waals surface area (Å²) in [5.41, 5.74) is 3.80. The molecular weight excluding hydrogens is 341 g/mol. The number of anilines is 1. The summed E-state index contributed by atoms with van der Waals surface area (Å²) >= 11 is 5.90. The third-order valence-corrected chi connectivity index (χ3v) is 3.51. The van der Waals surface area contributed by atoms with Crippen LogP contribution in [-0.2, 0) is 6.42 Å². The van der Waals surface area contributed by atoms with E-state index in [0.29, 0.717) is 12.8 Å². The SMILES string of the molecule is CCCCc1c(Cl)nc(N)nc1-c1c(F)c(F)c(F)c(F)c1F. The zero-order valence-corrected chi connectivity index (χ0v) is 12.6. The molecule has 0 unspecified atom stereocenters. The lowest BCUT2D eigenvalue weighted by Crippen LogP contribution is -2.09. The van der Waals surface area contributed by atoms with Crippen LogP contribution in [-0.4, -0.2) is 9.97 Å². The first-order valence-electron chi connectivity index (χ1n) is 6.63. The van der Waals surface area contributed by atoms with Crippen molar-refractivity contribution in [2.75, 3.05) is 5.73 Å². The van der Waals surface area contributed by atoms with Gasteiger partial charge >= 0.3 is 0 Å². The molecule has 0 spiro atoms. The second-order valence-corrected chi connectivity index (χ2v) is 5.11. The van der Waals surface area contributed by atoms with E-state index in [1.165, 1.54) is 0 Å². The molecule has 0 radical (unpaired) electrons. The highest BCUT2D eigenvalue weighted by Crippen LogP contribution is 2.35. The molecular formula is C14H11ClF5N3. The van der Waals surface area contributed by atoms with E-state index in [1.54, 1.807) is 0 Å². The fraction of sp³-hybridized carbons (Fsp3) is 0.286. The standard InChI is InChI=1S/C14H11ClF5N3/c1-2-3-4-5-12(22-14(21)23-13(5)15)6-7(16)9(18)11(20)10(19)8(6)17/h2-4H2,1H3,(H2,21,22,23). The number of halogens is 6. The molecule has 2 N–H and O–H groups in total. The van der Waals surface area contributed by atoms with E-state index in [1.807, 2.05) is 6.92 Å². The van der Waals surface area contributed by atoms with Gasteiger partial charge in [-0.2, -0.15) is 0 Å². The number of rotatable bonds is 4. The van der Waals surface area contributed by atoms with E-state index < -0.39 is 46.3 Å². The minimum Gasteiger partial charge on any atom is -0.368 e. The highest BCUT2D eigenvalue weighted by atomic mass is 35.5. The van der Waals surface area contributed by atoms with Crippen molar-refractivity contribution in [1.29, 1.82) is 0 Å². The number of hydrogen-bond donors (Lipinski definition) is 1. The molecule has 1 heterocycles. The molecule has 0 atom stereocenters. The number of nitrogens with zero attached hydrogens (tertiary/aromatic N) is 2. The van der Waals surface area contributed by atoms with Gasteiger partial charge in [-0.05, 0) is 12.8 Å². The monoisotopic (exact) mass is 351 g/mol. The second-order valence-electron chi connectivity index (χ2n) is 4.75. The highest BCUT2D eigenvalue weighted by Gasteiger charge is 2.29. The molecule has 0 aliphatic rings. The third-order valence-electron chi connectivity index (χ3n) is 3.20. The first kappa shape index (κ1) is 17.4. The van der Waals surface area contributed by atoms with Gasteiger partial charge in [0.2, 0.25) is 11.8 Å². The van der Waals surface area contributed by atoms with Crippen LogP contribution in [0.15, 0.2) is 0 Å². The van der Waals surface area contributed by atoms with Crippen LogP contribution in [0.5, 0.6) is 0 Å². The Hall–Kier alpha value is -1.96. The maximum absolute atomic E-state index is 14.0. The summed E-state index contributed by atoms with van der Waals surface area (Å²) in [6, 6.07) is 0. The Labute approximate surface area is 133 Å². The highest BCUT2D eigenvalue weighted by molar-refractivity contribution is 6.30. The largest absolute Gasteiger partial charge is 0.368 e. The van der Waals surface area contributed by atoms with Crippen LogP contribution in [0.4, 0.5) is 27.9 Å². The molecule has 0 amide bonds. The van der Waals surface area contributed by atoms with Gasteiger partial charge in [0.1, 0.15) is 5.15 Å². The van der Waals surface area contributed by atoms with Crippen LogP contribution in [0, 0.1) is 29.1 Å². The summed E-state index contributed by atoms with van der Waals surface area (Å²) in [6.07, 6.45) is 1.46. The second kappa shape index (κ2) is 6.66. The van der Waals surface area contributed by atoms with Gasteiger partial charge in [0.05, 0.1) is 11.3 Å². The number of hydrogen-bond acceptors (Lipinski definition) is 3. The molecule has 2 aromatic rings. The average molecular weight is 352 g/mol. The molecule has 1 aromatic carbocycles. The molecule has 0 fully saturated rings. The molecule has 23 heavy (non-hydrogen) atoms. The normalized spacial score (nSPS) is 11.1. The maximum Gasteiger partial charge on any atom is 0.222 e. The molecule has 0 aliphatic heterocycles. The third kappa shape index (κ3) is 3.08. The topological polar surface area (TPSA) is 51.8 Å². The molecule has 0 saturated heterocycles. The van der Waals surface area contributed by atoms with E-state index in [-0.39, 0.29) is 17.1 Å². The Bertz CT molecular complexity index is 738. The van der Waals surface area contributed by atoms with Gasteiger partial charge < -0.3 is 5.73 Å². The first-order chi connectivity index (χ1) is 10.8. The van der Waals surface area contributed by atoms with Crippen LogP contribution in [0.25, 0.3) is 11.3 Å². The molecule has 124 valence electrons. The first-order valence-corrected chi connectivity index (χ1v) is 7.01. The van der Waals surface area contributed by atoms with Gasteiger partial charge in [-0.3, -0.25) is 0 Å². The van der Waals surface area contributed by atoms with Gasteiger partial charge in [0, 0.05) is 5.56 Å². The average Bonchev–Trinajstić information content (AvgIpc) is 2.50. The number of aromatic nitrogens is 2. The van der Waals surface area contributed by atoms with Crippen molar-refractivity contribution in [1.82, 2.24) is 9.97 Å². The minimum atomic E-state index is -2.24. The van der Waals surface area contributed by atoms with E-state index in [0.717, 1.165) is 0 Å². The number of benzene rings is 1. The fourth-order valence-electron chi connectivity index (χ4n) is 2.07. The van der Waals surface area contributed by atoms with Crippen LogP contribution >= 0.6 is 11.6 Å². The lowest BCUT2D eigenvalue weighted by atomic mass is 10.0. The lowest BCUT2D eigenvalue weighted by molar-refractivity contribution is 0.381. The number of unbranched alkanes of at least 4 members (excludes halogenated alkanes) is 1. The Morgan fingerprint density at radius 3 is 1.96 bits per heavy atom. The van der Waals surface area contributed by atoms with E-state index in [9.17, 15) is 22.0 Å². The van der Waals surface area contributed by atoms with Gasteiger partial charge in [-0.25, -0.2) is 31.9 Å². The molecule has 0 bridgehead atoms. The molecule has 0 saturated carbocycles. The Morgan fingerprint density at radius 2 is 1.43 bits per heavy atom. The van der Waals surface area contributed by atoms with Crippen molar-refractivity contribution in [3.63, 3.8) is 0 Å². The van der Waals surface area contributed by atoms with Crippen LogP contribution in [0.1, 0.15) is 25.3 Å². The van der Waals surface area contributed by atoms with Gasteiger partial charge in [-0.15, -0.1) is 0 Å². The Kier molecular flexibility index (Phi) is 5.03. The van der Waals surface area contributed by atoms with E-state index in [4.69, 9.17) is 17.3 Å². The van der Waals surface area contributed by atoms with Crippen molar-refractivity contribution in [3.8, 4) is 11.3 Å². The van der Waals surface area contributed by atoms with Gasteiger partial charge in [-0.1, -0.05) is 24.9 Å². The summed E-state index contributed by atoms with van der Waals surface area (Å²) in [4.78, 5) is 7.30. The molecule has 9 heteroatoms. The number of nitrogen functional groups attached to an aromatic ring is 1. The van der Waals surface area contributed by atoms with Gasteiger partial charge in [0.15, 0.2) is 23.3 Å². The summed E-state index contributed by atoms with van der Waals surface area (Å²) < 4.78 is 68.0. The minimum absolute atomic E-state index is 0.0749. The zero-order valence-electron chi connectivity index (χ0n) is 11.9. The predicted molar refractivity (Wildman–Crippen MR) is 75.3 cm³/mol. The smallest absolute Gasteiger partial charge is 0.222 e. The predicted octanol–water partition coefficient (Wildman–Crippen LogP) is 4.42. The van der Waals surface area contributed by atoms with Gasteiger partial charge in [0.25, 0.3) is 0 Å². The number of nitrogens with two attached hydrogens (primary N) is 1. The fourth-order valence-corrected chi connectivity index (χ4v) is 2.34. The van der Waals surface area contributed by atoms with E-state index in [2.05, 4.69) is 9.97 Å². The summed E-state index contributed by atoms with van der Waals surface area (Å²) in [6.45, 7) is 1.85. The molecule has 2 rings (SSSR count). The van der Waals surface area contributed by atoms with Crippen LogP contribution in [0.3, 0.4) is 0 Å². The van der Waals surface area contributed by atoms with Crippen molar-refractivity contribution in [3.05, 3.63) is 39.8 Å². The van der Waals surface area contributed by atoms with Crippen molar-refractivity contribution >= 4 is 17.5 Å². The Morgan fingerprint density at radius 1 is 0.913 bits per heavy atom. The summed E-state index contributed by atoms with van der Waals surface area (Å²) in [5, 5.41) is -0.190. The van der Waals surface area contributed by atoms with Crippen molar-refractivity contribution in [2.24, 2.45) is 0 Å². The van der Waals surface area contributed by atoms with Crippen LogP contribution < -0.4 is 5.73 Å². The lowest BCUT2D eigenvalue weighted by Gasteiger charge is -2.13. The van der Waals surface area contributed by atoms with Crippen LogP contribution in [0.2, 0.25) is 5.15 Å². The molecule has 1 aromatic heterocycles. The zero-order chi connectivity index (χ0) is 17.3. The summed E-state index contributed by atoms with van der Waals surface area (Å²) in [5.74, 6) is -10.8. The molecule has 3 nitrogen and oxygen atoms in total. The maximum atomic E-state index is 14.0. The van der Waals surface area contributed by atoms with Crippen molar-refractivity contribution in [2.45, 2.75) is 26.2 Å². The van der Waals surface area contributed by atoms with E-state index >= 15 is 0 Å².